The lowest BCUT2D eigenvalue weighted by atomic mass is 10.1. The Morgan fingerprint density at radius 3 is 2.25 bits per heavy atom. The lowest BCUT2D eigenvalue weighted by Gasteiger charge is -2.29. The number of carbonyl (C=O) groups excluding carboxylic acids is 4. The summed E-state index contributed by atoms with van der Waals surface area (Å²) in [5.74, 6) is -3.96. The van der Waals surface area contributed by atoms with Gasteiger partial charge in [-0.05, 0) is 58.2 Å². The number of hydrogen-bond acceptors (Lipinski definition) is 10. The van der Waals surface area contributed by atoms with Crippen molar-refractivity contribution in [2.45, 2.75) is 134 Å². The number of amides is 4. The normalized spacial score (nSPS) is 21.8. The molecule has 0 spiro atoms. The van der Waals surface area contributed by atoms with Gasteiger partial charge in [0.1, 0.15) is 35.0 Å². The average molecular weight is 794 g/mol. The Morgan fingerprint density at radius 1 is 1.00 bits per heavy atom. The van der Waals surface area contributed by atoms with Gasteiger partial charge >= 0.3 is 18.2 Å². The molecule has 1 aromatic rings. The number of nitrogens with one attached hydrogen (secondary N) is 3. The number of aliphatic carboxylic acids is 1. The van der Waals surface area contributed by atoms with Crippen LogP contribution in [0.2, 0.25) is 0 Å². The first-order valence-electron chi connectivity index (χ1n) is 19.1. The summed E-state index contributed by atoms with van der Waals surface area (Å²) in [7, 11) is -4.13. The largest absolute Gasteiger partial charge is 0.481 e. The van der Waals surface area contributed by atoms with E-state index in [-0.39, 0.29) is 38.9 Å². The molecule has 0 aromatic heterocycles. The van der Waals surface area contributed by atoms with Gasteiger partial charge in [0.05, 0.1) is 13.1 Å². The van der Waals surface area contributed by atoms with Crippen molar-refractivity contribution in [1.82, 2.24) is 25.2 Å². The van der Waals surface area contributed by atoms with Crippen LogP contribution < -0.4 is 15.4 Å². The monoisotopic (exact) mass is 793 g/mol. The van der Waals surface area contributed by atoms with E-state index in [1.165, 1.54) is 17.0 Å². The first-order chi connectivity index (χ1) is 25.9. The molecule has 4 amide bonds. The molecule has 3 aliphatic rings. The second-order valence-corrected chi connectivity index (χ2v) is 17.4. The molecule has 2 heterocycles. The zero-order valence-electron chi connectivity index (χ0n) is 32.1. The van der Waals surface area contributed by atoms with Crippen molar-refractivity contribution < 1.29 is 51.4 Å². The van der Waals surface area contributed by atoms with Crippen LogP contribution in [0.25, 0.3) is 0 Å². The fourth-order valence-corrected chi connectivity index (χ4v) is 7.91. The van der Waals surface area contributed by atoms with Crippen molar-refractivity contribution in [3.63, 3.8) is 0 Å². The molecular weight excluding hydrogens is 738 g/mol. The molecule has 4 atom stereocenters. The molecule has 4 N–H and O–H groups in total. The van der Waals surface area contributed by atoms with Crippen LogP contribution in [0.1, 0.15) is 109 Å². The standard InChI is InChI=1S/C38H56FN5O10S/c1-5-27-21-38(27,34(48)42-55(51,52)25-40-19-14-12-10-8-6-7-9-11-13-18-32(45)46)41-33(47)31-20-28(23-44(31)36(50)54-37(2,3)4)53-35(49)43-22-26-16-15-17-30(39)29(26)24-43/h5,15-17,27-28,31,40H,1,6-14,18-25H2,2-4H3,(H,41,47)(H,42,48)(H,45,46)/t27-,28-,31?,38-/m1/s1. The van der Waals surface area contributed by atoms with E-state index >= 15 is 0 Å². The Balaban J connectivity index is 1.27. The van der Waals surface area contributed by atoms with Crippen molar-refractivity contribution in [2.24, 2.45) is 5.92 Å². The molecule has 55 heavy (non-hydrogen) atoms. The Bertz CT molecular complexity index is 1690. The van der Waals surface area contributed by atoms with Gasteiger partial charge in [0, 0.05) is 30.9 Å². The van der Waals surface area contributed by atoms with E-state index in [4.69, 9.17) is 14.6 Å². The molecule has 2 fully saturated rings. The summed E-state index contributed by atoms with van der Waals surface area (Å²) in [4.78, 5) is 66.8. The van der Waals surface area contributed by atoms with Gasteiger partial charge in [-0.3, -0.25) is 24.2 Å². The zero-order valence-corrected chi connectivity index (χ0v) is 32.9. The predicted molar refractivity (Wildman–Crippen MR) is 200 cm³/mol. The van der Waals surface area contributed by atoms with Crippen molar-refractivity contribution in [3.8, 4) is 0 Å². The van der Waals surface area contributed by atoms with E-state index < -0.39 is 80.9 Å². The molecule has 1 aromatic carbocycles. The molecule has 306 valence electrons. The summed E-state index contributed by atoms with van der Waals surface area (Å²) in [6.07, 6.45) is 7.55. The van der Waals surface area contributed by atoms with E-state index in [9.17, 15) is 36.8 Å². The third-order valence-electron chi connectivity index (χ3n) is 9.98. The minimum atomic E-state index is -4.13. The Labute approximate surface area is 322 Å². The number of carboxylic acid groups (broad SMARTS) is 1. The van der Waals surface area contributed by atoms with Crippen LogP contribution in [-0.2, 0) is 47.0 Å². The average Bonchev–Trinajstić information content (AvgIpc) is 3.39. The van der Waals surface area contributed by atoms with E-state index in [2.05, 4.69) is 21.9 Å². The summed E-state index contributed by atoms with van der Waals surface area (Å²) in [6, 6.07) is 3.37. The van der Waals surface area contributed by atoms with Crippen LogP contribution in [0.5, 0.6) is 0 Å². The molecule has 15 nitrogen and oxygen atoms in total. The minimum Gasteiger partial charge on any atom is -0.481 e. The van der Waals surface area contributed by atoms with E-state index in [1.54, 1.807) is 32.9 Å². The number of carboxylic acids is 1. The maximum atomic E-state index is 14.3. The SMILES string of the molecule is C=C[C@@H]1C[C@]1(NC(=O)C1C[C@@H](OC(=O)N2Cc3cccc(F)c3C2)CN1C(=O)OC(C)(C)C)C(=O)NS(=O)(=O)CNCCCCCCCCCCCC(=O)O. The van der Waals surface area contributed by atoms with Crippen LogP contribution in [0.4, 0.5) is 14.0 Å². The fraction of sp³-hybridized carbons (Fsp3) is 0.658. The Morgan fingerprint density at radius 2 is 1.65 bits per heavy atom. The lowest BCUT2D eigenvalue weighted by molar-refractivity contribution is -0.137. The third kappa shape index (κ3) is 12.6. The van der Waals surface area contributed by atoms with Crippen LogP contribution in [0.3, 0.4) is 0 Å². The van der Waals surface area contributed by atoms with Crippen molar-refractivity contribution in [2.75, 3.05) is 19.0 Å². The zero-order chi connectivity index (χ0) is 40.4. The molecule has 1 aliphatic carbocycles. The number of benzene rings is 1. The van der Waals surface area contributed by atoms with Gasteiger partial charge in [-0.2, -0.15) is 0 Å². The molecular formula is C38H56FN5O10S. The molecule has 1 saturated carbocycles. The number of halogens is 1. The van der Waals surface area contributed by atoms with Gasteiger partial charge in [0.15, 0.2) is 0 Å². The second-order valence-electron chi connectivity index (χ2n) is 15.6. The lowest BCUT2D eigenvalue weighted by Crippen LogP contribution is -2.57. The number of hydrogen-bond donors (Lipinski definition) is 4. The summed E-state index contributed by atoms with van der Waals surface area (Å²) < 4.78 is 53.4. The number of likely N-dealkylation sites (tertiary alicyclic amines) is 1. The molecule has 1 unspecified atom stereocenters. The van der Waals surface area contributed by atoms with Gasteiger partial charge < -0.3 is 25.2 Å². The number of unbranched alkanes of at least 4 members (excludes halogenated alkanes) is 8. The minimum absolute atomic E-state index is 0.00711. The number of sulfonamides is 1. The maximum Gasteiger partial charge on any atom is 0.411 e. The molecule has 4 rings (SSSR count). The van der Waals surface area contributed by atoms with Gasteiger partial charge in [0.25, 0.3) is 5.91 Å². The molecule has 0 radical (unpaired) electrons. The smallest absolute Gasteiger partial charge is 0.411 e. The van der Waals surface area contributed by atoms with E-state index in [0.29, 0.717) is 24.1 Å². The summed E-state index contributed by atoms with van der Waals surface area (Å²) in [5, 5.41) is 14.2. The third-order valence-corrected chi connectivity index (χ3v) is 11.1. The maximum absolute atomic E-state index is 14.3. The van der Waals surface area contributed by atoms with Crippen LogP contribution in [0, 0.1) is 11.7 Å². The van der Waals surface area contributed by atoms with Gasteiger partial charge in [0.2, 0.25) is 15.9 Å². The first-order valence-corrected chi connectivity index (χ1v) is 20.7. The molecule has 17 heteroatoms. The molecule has 2 aliphatic heterocycles. The Kier molecular flexibility index (Phi) is 15.1. The highest BCUT2D eigenvalue weighted by atomic mass is 32.2. The van der Waals surface area contributed by atoms with Crippen molar-refractivity contribution in [3.05, 3.63) is 47.8 Å². The Hall–Kier alpha value is -4.25. The quantitative estimate of drug-likeness (QED) is 0.105. The number of rotatable bonds is 20. The van der Waals surface area contributed by atoms with Crippen molar-refractivity contribution >= 4 is 40.0 Å². The number of ether oxygens (including phenoxy) is 2. The van der Waals surface area contributed by atoms with Crippen LogP contribution in [0.15, 0.2) is 30.9 Å². The number of carbonyl (C=O) groups is 5. The van der Waals surface area contributed by atoms with Crippen LogP contribution >= 0.6 is 0 Å². The van der Waals surface area contributed by atoms with Gasteiger partial charge in [-0.1, -0.05) is 63.2 Å². The summed E-state index contributed by atoms with van der Waals surface area (Å²) in [5.41, 5.74) is -1.50. The highest BCUT2D eigenvalue weighted by Crippen LogP contribution is 2.45. The fourth-order valence-electron chi connectivity index (χ4n) is 6.96. The predicted octanol–water partition coefficient (Wildman–Crippen LogP) is 4.70. The molecule has 1 saturated heterocycles. The number of fused-ring (bicyclic) bond motifs is 1. The van der Waals surface area contributed by atoms with Gasteiger partial charge in [-0.15, -0.1) is 6.58 Å². The summed E-state index contributed by atoms with van der Waals surface area (Å²) >= 11 is 0. The highest BCUT2D eigenvalue weighted by molar-refractivity contribution is 7.90. The van der Waals surface area contributed by atoms with E-state index in [0.717, 1.165) is 56.3 Å². The van der Waals surface area contributed by atoms with Crippen molar-refractivity contribution in [1.29, 1.82) is 0 Å². The van der Waals surface area contributed by atoms with Gasteiger partial charge in [-0.25, -0.2) is 27.1 Å². The molecule has 0 bridgehead atoms. The summed E-state index contributed by atoms with van der Waals surface area (Å²) in [6.45, 7) is 9.08. The topological polar surface area (TPSA) is 201 Å². The first kappa shape index (κ1) is 43.5. The highest BCUT2D eigenvalue weighted by Gasteiger charge is 2.61. The number of nitrogens with zero attached hydrogens (tertiary/aromatic N) is 2. The van der Waals surface area contributed by atoms with E-state index in [1.807, 2.05) is 0 Å². The second kappa shape index (κ2) is 19.1. The van der Waals surface area contributed by atoms with Crippen LogP contribution in [-0.4, -0.2) is 95.5 Å².